The van der Waals surface area contributed by atoms with E-state index in [2.05, 4.69) is 23.6 Å². The van der Waals surface area contributed by atoms with Gasteiger partial charge in [0.2, 0.25) is 5.91 Å². The Morgan fingerprint density at radius 1 is 1.45 bits per heavy atom. The number of ether oxygens (including phenoxy) is 1. The van der Waals surface area contributed by atoms with Crippen LogP contribution in [0.2, 0.25) is 0 Å². The van der Waals surface area contributed by atoms with E-state index in [-0.39, 0.29) is 5.91 Å². The van der Waals surface area contributed by atoms with E-state index < -0.39 is 5.97 Å². The lowest BCUT2D eigenvalue weighted by Crippen LogP contribution is -2.32. The van der Waals surface area contributed by atoms with Crippen molar-refractivity contribution in [1.82, 2.24) is 9.88 Å². The molecule has 7 heteroatoms. The largest absolute Gasteiger partial charge is 0.464 e. The minimum Gasteiger partial charge on any atom is -0.464 e. The molecule has 0 radical (unpaired) electrons. The van der Waals surface area contributed by atoms with E-state index in [0.717, 1.165) is 11.4 Å². The molecule has 0 unspecified atom stereocenters. The van der Waals surface area contributed by atoms with Gasteiger partial charge in [0.25, 0.3) is 0 Å². The molecule has 1 rings (SSSR count). The number of methoxy groups -OCH3 is 1. The third-order valence-electron chi connectivity index (χ3n) is 3.13. The van der Waals surface area contributed by atoms with Crippen LogP contribution >= 0.6 is 22.9 Å². The van der Waals surface area contributed by atoms with Crippen LogP contribution in [0.25, 0.3) is 0 Å². The average molecular weight is 347 g/mol. The Morgan fingerprint density at radius 2 is 2.18 bits per heavy atom. The van der Waals surface area contributed by atoms with E-state index in [4.69, 9.17) is 11.6 Å². The molecule has 0 atom stereocenters. The van der Waals surface area contributed by atoms with Crippen LogP contribution in [0, 0.1) is 5.92 Å². The predicted octanol–water partition coefficient (Wildman–Crippen LogP) is 3.32. The fourth-order valence-electron chi connectivity index (χ4n) is 1.83. The lowest BCUT2D eigenvalue weighted by molar-refractivity contribution is -0.132. The second-order valence-corrected chi connectivity index (χ2v) is 6.73. The third-order valence-corrected chi connectivity index (χ3v) is 4.23. The summed E-state index contributed by atoms with van der Waals surface area (Å²) in [6, 6.07) is 0. The molecule has 1 heterocycles. The van der Waals surface area contributed by atoms with Crippen molar-refractivity contribution in [3.8, 4) is 0 Å². The van der Waals surface area contributed by atoms with Gasteiger partial charge >= 0.3 is 5.97 Å². The Bertz CT molecular complexity index is 491. The number of alkyl halides is 1. The fourth-order valence-corrected chi connectivity index (χ4v) is 2.74. The smallest absolute Gasteiger partial charge is 0.357 e. The molecule has 124 valence electrons. The highest BCUT2D eigenvalue weighted by Gasteiger charge is 2.17. The van der Waals surface area contributed by atoms with Crippen molar-refractivity contribution >= 4 is 34.8 Å². The van der Waals surface area contributed by atoms with Crippen molar-refractivity contribution in [3.63, 3.8) is 0 Å². The molecular weight excluding hydrogens is 324 g/mol. The number of aromatic nitrogens is 1. The lowest BCUT2D eigenvalue weighted by atomic mass is 10.1. The van der Waals surface area contributed by atoms with Gasteiger partial charge in [-0.15, -0.1) is 22.9 Å². The Morgan fingerprint density at radius 3 is 2.77 bits per heavy atom. The quantitative estimate of drug-likeness (QED) is 0.508. The summed E-state index contributed by atoms with van der Waals surface area (Å²) in [5.41, 5.74) is 0.291. The highest BCUT2D eigenvalue weighted by atomic mass is 35.5. The van der Waals surface area contributed by atoms with Crippen LogP contribution in [-0.2, 0) is 16.1 Å². The molecule has 0 aliphatic rings. The summed E-state index contributed by atoms with van der Waals surface area (Å²) < 4.78 is 4.64. The van der Waals surface area contributed by atoms with Gasteiger partial charge in [0.15, 0.2) is 5.69 Å². The number of rotatable bonds is 9. The maximum atomic E-state index is 12.3. The van der Waals surface area contributed by atoms with Gasteiger partial charge in [0, 0.05) is 24.2 Å². The summed E-state index contributed by atoms with van der Waals surface area (Å²) in [4.78, 5) is 29.7. The molecule has 0 fully saturated rings. The van der Waals surface area contributed by atoms with Gasteiger partial charge < -0.3 is 9.64 Å². The normalized spacial score (nSPS) is 10.8. The second kappa shape index (κ2) is 9.79. The number of nitrogens with zero attached hydrogens (tertiary/aromatic N) is 2. The van der Waals surface area contributed by atoms with E-state index in [0.29, 0.717) is 43.4 Å². The molecule has 0 spiro atoms. The summed E-state index contributed by atoms with van der Waals surface area (Å²) >= 11 is 7.02. The highest BCUT2D eigenvalue weighted by Crippen LogP contribution is 2.15. The lowest BCUT2D eigenvalue weighted by Gasteiger charge is -2.22. The van der Waals surface area contributed by atoms with E-state index >= 15 is 0 Å². The van der Waals surface area contributed by atoms with Crippen molar-refractivity contribution < 1.29 is 14.3 Å². The summed E-state index contributed by atoms with van der Waals surface area (Å²) in [7, 11) is 1.33. The van der Waals surface area contributed by atoms with Gasteiger partial charge in [-0.2, -0.15) is 0 Å². The van der Waals surface area contributed by atoms with Gasteiger partial charge in [0.1, 0.15) is 5.01 Å². The standard InChI is InChI=1S/C15H23ClN2O3S/c1-11(2)6-8-18(14(19)5-4-7-16)9-13-17-12(10-22-13)15(20)21-3/h10-11H,4-9H2,1-3H3. The van der Waals surface area contributed by atoms with Crippen LogP contribution in [0.1, 0.15) is 48.6 Å². The van der Waals surface area contributed by atoms with Crippen LogP contribution in [0.3, 0.4) is 0 Å². The molecule has 0 bridgehead atoms. The maximum Gasteiger partial charge on any atom is 0.357 e. The number of hydrogen-bond donors (Lipinski definition) is 0. The Balaban J connectivity index is 2.71. The first-order chi connectivity index (χ1) is 10.5. The highest BCUT2D eigenvalue weighted by molar-refractivity contribution is 7.09. The summed E-state index contributed by atoms with van der Waals surface area (Å²) in [5, 5.41) is 2.40. The second-order valence-electron chi connectivity index (χ2n) is 5.41. The zero-order valence-electron chi connectivity index (χ0n) is 13.3. The first-order valence-electron chi connectivity index (χ1n) is 7.34. The van der Waals surface area contributed by atoms with E-state index in [1.54, 1.807) is 10.3 Å². The van der Waals surface area contributed by atoms with E-state index in [9.17, 15) is 9.59 Å². The Kier molecular flexibility index (Phi) is 8.42. The van der Waals surface area contributed by atoms with Gasteiger partial charge in [-0.1, -0.05) is 13.8 Å². The topological polar surface area (TPSA) is 59.5 Å². The SMILES string of the molecule is COC(=O)c1csc(CN(CCC(C)C)C(=O)CCCCl)n1. The molecule has 0 saturated carbocycles. The molecule has 5 nitrogen and oxygen atoms in total. The maximum absolute atomic E-state index is 12.3. The third kappa shape index (κ3) is 6.32. The number of halogens is 1. The summed E-state index contributed by atoms with van der Waals surface area (Å²) in [6.07, 6.45) is 2.04. The van der Waals surface area contributed by atoms with Crippen LogP contribution < -0.4 is 0 Å². The number of esters is 1. The first kappa shape index (κ1) is 18.9. The number of carbonyl (C=O) groups excluding carboxylic acids is 2. The van der Waals surface area contributed by atoms with E-state index in [1.165, 1.54) is 18.4 Å². The molecule has 1 aromatic rings. The zero-order valence-corrected chi connectivity index (χ0v) is 14.9. The van der Waals surface area contributed by atoms with Gasteiger partial charge in [0.05, 0.1) is 13.7 Å². The minimum atomic E-state index is -0.454. The van der Waals surface area contributed by atoms with Crippen LogP contribution in [-0.4, -0.2) is 41.3 Å². The van der Waals surface area contributed by atoms with Crippen LogP contribution in [0.5, 0.6) is 0 Å². The predicted molar refractivity (Wildman–Crippen MR) is 88.3 cm³/mol. The number of hydrogen-bond acceptors (Lipinski definition) is 5. The number of thiazole rings is 1. The number of carbonyl (C=O) groups is 2. The van der Waals surface area contributed by atoms with Crippen molar-refractivity contribution in [3.05, 3.63) is 16.1 Å². The Labute approximate surface area is 140 Å². The molecule has 1 aromatic heterocycles. The Hall–Kier alpha value is -1.14. The molecule has 22 heavy (non-hydrogen) atoms. The molecule has 0 aliphatic heterocycles. The fraction of sp³-hybridized carbons (Fsp3) is 0.667. The molecule has 0 saturated heterocycles. The van der Waals surface area contributed by atoms with Crippen molar-refractivity contribution in [1.29, 1.82) is 0 Å². The van der Waals surface area contributed by atoms with Crippen molar-refractivity contribution in [2.24, 2.45) is 5.92 Å². The van der Waals surface area contributed by atoms with Crippen molar-refractivity contribution in [2.45, 2.75) is 39.7 Å². The minimum absolute atomic E-state index is 0.0797. The molecule has 0 N–H and O–H groups in total. The number of amides is 1. The van der Waals surface area contributed by atoms with Crippen LogP contribution in [0.4, 0.5) is 0 Å². The van der Waals surface area contributed by atoms with Gasteiger partial charge in [-0.3, -0.25) is 4.79 Å². The first-order valence-corrected chi connectivity index (χ1v) is 8.75. The van der Waals surface area contributed by atoms with Crippen molar-refractivity contribution in [2.75, 3.05) is 19.5 Å². The van der Waals surface area contributed by atoms with Gasteiger partial charge in [-0.05, 0) is 18.8 Å². The summed E-state index contributed by atoms with van der Waals surface area (Å²) in [5.74, 6) is 0.624. The zero-order chi connectivity index (χ0) is 16.5. The van der Waals surface area contributed by atoms with Gasteiger partial charge in [-0.25, -0.2) is 9.78 Å². The monoisotopic (exact) mass is 346 g/mol. The molecule has 1 amide bonds. The molecular formula is C15H23ClN2O3S. The molecule has 0 aromatic carbocycles. The molecule has 0 aliphatic carbocycles. The average Bonchev–Trinajstić information content (AvgIpc) is 2.96. The van der Waals surface area contributed by atoms with Crippen LogP contribution in [0.15, 0.2) is 5.38 Å². The van der Waals surface area contributed by atoms with E-state index in [1.807, 2.05) is 0 Å². The summed E-state index contributed by atoms with van der Waals surface area (Å²) in [6.45, 7) is 5.36.